The molecule has 0 radical (unpaired) electrons. The zero-order valence-corrected chi connectivity index (χ0v) is 14.8. The van der Waals surface area contributed by atoms with E-state index in [0.29, 0.717) is 19.8 Å². The molecule has 1 atom stereocenters. The highest BCUT2D eigenvalue weighted by molar-refractivity contribution is 8.23. The summed E-state index contributed by atoms with van der Waals surface area (Å²) in [5.41, 5.74) is 0.118. The fourth-order valence-corrected chi connectivity index (χ4v) is 6.63. The van der Waals surface area contributed by atoms with Gasteiger partial charge < -0.3 is 13.3 Å². The molecule has 3 nitrogen and oxygen atoms in total. The van der Waals surface area contributed by atoms with E-state index in [-0.39, 0.29) is 5.54 Å². The molecule has 0 saturated heterocycles. The lowest BCUT2D eigenvalue weighted by Gasteiger charge is -2.35. The Morgan fingerprint density at radius 3 is 1.78 bits per heavy atom. The second kappa shape index (κ2) is 10.3. The van der Waals surface area contributed by atoms with Crippen molar-refractivity contribution < 1.29 is 13.3 Å². The van der Waals surface area contributed by atoms with Gasteiger partial charge in [0.2, 0.25) is 0 Å². The third-order valence-electron chi connectivity index (χ3n) is 2.53. The van der Waals surface area contributed by atoms with Gasteiger partial charge >= 0.3 is 8.80 Å². The van der Waals surface area contributed by atoms with E-state index in [1.54, 1.807) is 11.8 Å². The number of rotatable bonds is 10. The average molecular weight is 311 g/mol. The molecule has 0 heterocycles. The third kappa shape index (κ3) is 5.26. The van der Waals surface area contributed by atoms with E-state index in [0.717, 1.165) is 17.0 Å². The van der Waals surface area contributed by atoms with Crippen molar-refractivity contribution in [2.45, 2.75) is 46.1 Å². The minimum Gasteiger partial charge on any atom is -0.373 e. The largest absolute Gasteiger partial charge is 0.510 e. The van der Waals surface area contributed by atoms with Crippen LogP contribution in [0.4, 0.5) is 0 Å². The molecule has 1 unspecified atom stereocenters. The molecular formula is C12H26O3S2Si. The second-order valence-corrected chi connectivity index (χ2v) is 8.08. The van der Waals surface area contributed by atoms with Crippen molar-refractivity contribution in [3.8, 4) is 0 Å². The maximum Gasteiger partial charge on any atom is 0.510 e. The maximum absolute atomic E-state index is 5.94. The van der Waals surface area contributed by atoms with Crippen molar-refractivity contribution in [3.05, 3.63) is 0 Å². The summed E-state index contributed by atoms with van der Waals surface area (Å²) in [5, 5.41) is 0. The maximum atomic E-state index is 5.94. The van der Waals surface area contributed by atoms with Gasteiger partial charge in [-0.1, -0.05) is 25.6 Å². The lowest BCUT2D eigenvalue weighted by Crippen LogP contribution is -2.52. The Balaban J connectivity index is 5.20. The lowest BCUT2D eigenvalue weighted by atomic mass is 10.3. The Bertz CT molecular complexity index is 222. The number of hydrogen-bond donors (Lipinski definition) is 0. The van der Waals surface area contributed by atoms with Crippen LogP contribution in [0, 0.1) is 0 Å². The van der Waals surface area contributed by atoms with E-state index in [9.17, 15) is 0 Å². The van der Waals surface area contributed by atoms with Crippen LogP contribution in [0.3, 0.4) is 0 Å². The second-order valence-electron chi connectivity index (χ2n) is 3.77. The van der Waals surface area contributed by atoms with Crippen molar-refractivity contribution in [1.82, 2.24) is 0 Å². The van der Waals surface area contributed by atoms with Gasteiger partial charge in [-0.15, -0.1) is 11.8 Å². The molecule has 0 aliphatic carbocycles. The standard InChI is InChI=1S/C12H26O3S2Si/c1-6-10-11(12(16)17-5)18(13-7-2,14-8-3)15-9-4/h11H,6-10H2,1-5H3. The summed E-state index contributed by atoms with van der Waals surface area (Å²) in [4.78, 5) is 0. The summed E-state index contributed by atoms with van der Waals surface area (Å²) in [6.45, 7) is 9.88. The number of thiocarbonyl (C=S) groups is 1. The normalized spacial score (nSPS) is 13.6. The number of thioether (sulfide) groups is 1. The highest BCUT2D eigenvalue weighted by Gasteiger charge is 2.50. The molecule has 0 spiro atoms. The van der Waals surface area contributed by atoms with Gasteiger partial charge in [0.25, 0.3) is 0 Å². The van der Waals surface area contributed by atoms with Crippen LogP contribution in [-0.2, 0) is 13.3 Å². The molecule has 18 heavy (non-hydrogen) atoms. The van der Waals surface area contributed by atoms with Crippen LogP contribution in [0.1, 0.15) is 40.5 Å². The van der Waals surface area contributed by atoms with Crippen LogP contribution in [-0.4, -0.2) is 39.1 Å². The monoisotopic (exact) mass is 310 g/mol. The quantitative estimate of drug-likeness (QED) is 0.451. The molecule has 0 N–H and O–H groups in total. The topological polar surface area (TPSA) is 27.7 Å². The highest BCUT2D eigenvalue weighted by Crippen LogP contribution is 2.35. The van der Waals surface area contributed by atoms with Gasteiger partial charge in [-0.05, 0) is 33.4 Å². The smallest absolute Gasteiger partial charge is 0.373 e. The molecule has 108 valence electrons. The average Bonchev–Trinajstić information content (AvgIpc) is 2.36. The summed E-state index contributed by atoms with van der Waals surface area (Å²) in [6, 6.07) is 0. The lowest BCUT2D eigenvalue weighted by molar-refractivity contribution is 0.0665. The minimum atomic E-state index is -2.69. The molecule has 0 saturated carbocycles. The van der Waals surface area contributed by atoms with E-state index in [1.165, 1.54) is 0 Å². The summed E-state index contributed by atoms with van der Waals surface area (Å²) < 4.78 is 18.8. The Morgan fingerprint density at radius 2 is 1.50 bits per heavy atom. The van der Waals surface area contributed by atoms with E-state index in [2.05, 4.69) is 6.92 Å². The zero-order valence-electron chi connectivity index (χ0n) is 12.2. The Labute approximate surface area is 122 Å². The summed E-state index contributed by atoms with van der Waals surface area (Å²) in [6.07, 6.45) is 4.02. The Morgan fingerprint density at radius 1 is 1.06 bits per heavy atom. The van der Waals surface area contributed by atoms with Gasteiger partial charge in [-0.2, -0.15) is 0 Å². The molecule has 0 aromatic rings. The predicted molar refractivity (Wildman–Crippen MR) is 85.4 cm³/mol. The Hall–Kier alpha value is 0.537. The predicted octanol–water partition coefficient (Wildman–Crippen LogP) is 3.90. The first kappa shape index (κ1) is 18.5. The molecule has 0 fully saturated rings. The van der Waals surface area contributed by atoms with E-state index in [1.807, 2.05) is 27.0 Å². The van der Waals surface area contributed by atoms with Crippen LogP contribution in [0.2, 0.25) is 5.54 Å². The molecule has 0 bridgehead atoms. The van der Waals surface area contributed by atoms with Crippen LogP contribution >= 0.6 is 24.0 Å². The highest BCUT2D eigenvalue weighted by atomic mass is 32.2. The van der Waals surface area contributed by atoms with Gasteiger partial charge in [0.05, 0.1) is 9.74 Å². The van der Waals surface area contributed by atoms with Crippen LogP contribution < -0.4 is 0 Å². The van der Waals surface area contributed by atoms with Crippen molar-refractivity contribution in [2.75, 3.05) is 26.1 Å². The SMILES string of the molecule is CCCC(C(=S)SC)[Si](OCC)(OCC)OCC. The Kier molecular flexibility index (Phi) is 10.6. The summed E-state index contributed by atoms with van der Waals surface area (Å²) in [7, 11) is -2.69. The van der Waals surface area contributed by atoms with E-state index >= 15 is 0 Å². The summed E-state index contributed by atoms with van der Waals surface area (Å²) >= 11 is 7.09. The van der Waals surface area contributed by atoms with Crippen molar-refractivity contribution in [2.24, 2.45) is 0 Å². The van der Waals surface area contributed by atoms with Crippen LogP contribution in [0.5, 0.6) is 0 Å². The van der Waals surface area contributed by atoms with Crippen LogP contribution in [0.15, 0.2) is 0 Å². The van der Waals surface area contributed by atoms with E-state index < -0.39 is 8.80 Å². The first-order valence-corrected chi connectivity index (χ1v) is 10.0. The van der Waals surface area contributed by atoms with Gasteiger partial charge in [0.15, 0.2) is 0 Å². The van der Waals surface area contributed by atoms with Gasteiger partial charge in [0.1, 0.15) is 0 Å². The van der Waals surface area contributed by atoms with E-state index in [4.69, 9.17) is 25.5 Å². The summed E-state index contributed by atoms with van der Waals surface area (Å²) in [5.74, 6) is 0. The first-order chi connectivity index (χ1) is 8.61. The van der Waals surface area contributed by atoms with Gasteiger partial charge in [0, 0.05) is 19.8 Å². The zero-order chi connectivity index (χ0) is 14.0. The third-order valence-corrected chi connectivity index (χ3v) is 7.92. The van der Waals surface area contributed by atoms with Gasteiger partial charge in [-0.25, -0.2) is 0 Å². The minimum absolute atomic E-state index is 0.118. The fraction of sp³-hybridized carbons (Fsp3) is 0.917. The van der Waals surface area contributed by atoms with Crippen LogP contribution in [0.25, 0.3) is 0 Å². The fourth-order valence-electron chi connectivity index (χ4n) is 1.90. The van der Waals surface area contributed by atoms with Gasteiger partial charge in [-0.3, -0.25) is 0 Å². The molecule has 6 heteroatoms. The molecule has 0 aromatic carbocycles. The first-order valence-electron chi connectivity index (χ1n) is 6.61. The van der Waals surface area contributed by atoms with Crippen molar-refractivity contribution >= 4 is 37.0 Å². The molecular weight excluding hydrogens is 284 g/mol. The molecule has 0 aliphatic rings. The number of hydrogen-bond acceptors (Lipinski definition) is 5. The molecule has 0 rings (SSSR count). The molecule has 0 aliphatic heterocycles. The molecule has 0 amide bonds. The van der Waals surface area contributed by atoms with Crippen molar-refractivity contribution in [3.63, 3.8) is 0 Å². The molecule has 0 aromatic heterocycles. The van der Waals surface area contributed by atoms with Crippen molar-refractivity contribution in [1.29, 1.82) is 0 Å².